The van der Waals surface area contributed by atoms with Gasteiger partial charge in [0, 0.05) is 35.5 Å². The van der Waals surface area contributed by atoms with Crippen LogP contribution < -0.4 is 10.6 Å². The zero-order chi connectivity index (χ0) is 16.8. The molecule has 2 rings (SSSR count). The fourth-order valence-electron chi connectivity index (χ4n) is 1.83. The normalized spacial score (nSPS) is 10.2. The molecule has 0 fully saturated rings. The van der Waals surface area contributed by atoms with Crippen LogP contribution in [0.15, 0.2) is 41.1 Å². The van der Waals surface area contributed by atoms with Gasteiger partial charge < -0.3 is 10.6 Å². The number of benzene rings is 1. The van der Waals surface area contributed by atoms with Gasteiger partial charge in [0.2, 0.25) is 0 Å². The van der Waals surface area contributed by atoms with Crippen molar-refractivity contribution in [2.75, 3.05) is 13.1 Å². The number of carbonyl (C=O) groups excluding carboxylic acids is 2. The molecule has 0 saturated carbocycles. The fraction of sp³-hybridized carbons (Fsp3) is 0.188. The van der Waals surface area contributed by atoms with Crippen molar-refractivity contribution in [3.05, 3.63) is 63.6 Å². The van der Waals surface area contributed by atoms with Crippen LogP contribution in [0.2, 0.25) is 0 Å². The maximum atomic E-state index is 13.4. The van der Waals surface area contributed by atoms with E-state index < -0.39 is 5.82 Å². The molecule has 23 heavy (non-hydrogen) atoms. The van der Waals surface area contributed by atoms with E-state index in [-0.39, 0.29) is 30.5 Å². The van der Waals surface area contributed by atoms with Crippen LogP contribution in [-0.2, 0) is 0 Å². The van der Waals surface area contributed by atoms with Crippen LogP contribution in [0.1, 0.15) is 26.3 Å². The Balaban J connectivity index is 1.79. The second kappa shape index (κ2) is 7.82. The van der Waals surface area contributed by atoms with Gasteiger partial charge >= 0.3 is 0 Å². The Kier molecular flexibility index (Phi) is 5.81. The van der Waals surface area contributed by atoms with Gasteiger partial charge in [-0.2, -0.15) is 0 Å². The number of carbonyl (C=O) groups is 2. The highest BCUT2D eigenvalue weighted by Crippen LogP contribution is 2.10. The summed E-state index contributed by atoms with van der Waals surface area (Å²) in [6.07, 6.45) is 3.03. The molecule has 0 spiro atoms. The third-order valence-corrected chi connectivity index (χ3v) is 3.53. The number of nitrogens with zero attached hydrogens (tertiary/aromatic N) is 1. The van der Waals surface area contributed by atoms with Crippen molar-refractivity contribution in [1.82, 2.24) is 15.6 Å². The monoisotopic (exact) mass is 379 g/mol. The lowest BCUT2D eigenvalue weighted by atomic mass is 10.1. The number of aromatic nitrogens is 1. The average Bonchev–Trinajstić information content (AvgIpc) is 2.53. The van der Waals surface area contributed by atoms with Gasteiger partial charge in [-0.15, -0.1) is 0 Å². The fourth-order valence-corrected chi connectivity index (χ4v) is 2.19. The molecule has 120 valence electrons. The predicted octanol–water partition coefficient (Wildman–Crippen LogP) is 2.45. The van der Waals surface area contributed by atoms with Gasteiger partial charge in [-0.05, 0) is 46.6 Å². The van der Waals surface area contributed by atoms with Crippen molar-refractivity contribution in [2.24, 2.45) is 0 Å². The molecule has 0 atom stereocenters. The first-order valence-electron chi connectivity index (χ1n) is 6.90. The quantitative estimate of drug-likeness (QED) is 0.783. The molecular weight excluding hydrogens is 365 g/mol. The van der Waals surface area contributed by atoms with Gasteiger partial charge in [0.25, 0.3) is 11.8 Å². The van der Waals surface area contributed by atoms with Crippen molar-refractivity contribution >= 4 is 27.7 Å². The molecule has 5 nitrogen and oxygen atoms in total. The minimum atomic E-state index is -0.423. The zero-order valence-corrected chi connectivity index (χ0v) is 14.0. The Labute approximate surface area is 141 Å². The van der Waals surface area contributed by atoms with E-state index in [2.05, 4.69) is 31.5 Å². The lowest BCUT2D eigenvalue weighted by Crippen LogP contribution is -2.34. The first-order valence-corrected chi connectivity index (χ1v) is 7.70. The summed E-state index contributed by atoms with van der Waals surface area (Å²) in [5, 5.41) is 5.28. The number of rotatable bonds is 5. The zero-order valence-electron chi connectivity index (χ0n) is 12.4. The van der Waals surface area contributed by atoms with E-state index in [1.807, 2.05) is 0 Å². The smallest absolute Gasteiger partial charge is 0.252 e. The van der Waals surface area contributed by atoms with E-state index in [1.165, 1.54) is 12.3 Å². The number of hydrogen-bond acceptors (Lipinski definition) is 3. The minimum absolute atomic E-state index is 0.238. The van der Waals surface area contributed by atoms with E-state index in [0.717, 1.165) is 0 Å². The number of aryl methyl sites for hydroxylation is 1. The maximum absolute atomic E-state index is 13.4. The van der Waals surface area contributed by atoms with Crippen LogP contribution in [-0.4, -0.2) is 29.9 Å². The van der Waals surface area contributed by atoms with E-state index in [1.54, 1.807) is 31.3 Å². The summed E-state index contributed by atoms with van der Waals surface area (Å²) in [6.45, 7) is 2.12. The van der Waals surface area contributed by atoms with Gasteiger partial charge in [0.05, 0.1) is 5.56 Å². The Morgan fingerprint density at radius 3 is 2.35 bits per heavy atom. The van der Waals surface area contributed by atoms with Crippen molar-refractivity contribution in [3.63, 3.8) is 0 Å². The molecule has 0 radical (unpaired) electrons. The molecule has 1 aromatic carbocycles. The number of pyridine rings is 1. The van der Waals surface area contributed by atoms with Gasteiger partial charge in [-0.25, -0.2) is 4.39 Å². The standard InChI is InChI=1S/C16H15BrFN3O2/c1-10-2-3-11(7-14(10)18)15(22)20-4-5-21-16(23)12-6-13(17)9-19-8-12/h2-3,6-9H,4-5H2,1H3,(H,20,22)(H,21,23). The first kappa shape index (κ1) is 17.1. The SMILES string of the molecule is Cc1ccc(C(=O)NCCNC(=O)c2cncc(Br)c2)cc1F. The molecule has 0 bridgehead atoms. The Morgan fingerprint density at radius 2 is 1.74 bits per heavy atom. The summed E-state index contributed by atoms with van der Waals surface area (Å²) in [7, 11) is 0. The lowest BCUT2D eigenvalue weighted by molar-refractivity contribution is 0.0927. The van der Waals surface area contributed by atoms with Crippen molar-refractivity contribution in [1.29, 1.82) is 0 Å². The second-order valence-electron chi connectivity index (χ2n) is 4.87. The first-order chi connectivity index (χ1) is 11.0. The maximum Gasteiger partial charge on any atom is 0.252 e. The highest BCUT2D eigenvalue weighted by molar-refractivity contribution is 9.10. The molecule has 0 aliphatic carbocycles. The van der Waals surface area contributed by atoms with Gasteiger partial charge in [-0.3, -0.25) is 14.6 Å². The highest BCUT2D eigenvalue weighted by Gasteiger charge is 2.09. The van der Waals surface area contributed by atoms with Crippen LogP contribution >= 0.6 is 15.9 Å². The molecule has 1 heterocycles. The van der Waals surface area contributed by atoms with Crippen molar-refractivity contribution in [3.8, 4) is 0 Å². The summed E-state index contributed by atoms with van der Waals surface area (Å²) in [5.41, 5.74) is 1.15. The molecule has 2 N–H and O–H groups in total. The van der Waals surface area contributed by atoms with Crippen LogP contribution in [0, 0.1) is 12.7 Å². The topological polar surface area (TPSA) is 71.1 Å². The molecule has 1 aromatic heterocycles. The largest absolute Gasteiger partial charge is 0.350 e. The van der Waals surface area contributed by atoms with Gasteiger partial charge in [0.15, 0.2) is 0 Å². The minimum Gasteiger partial charge on any atom is -0.350 e. The van der Waals surface area contributed by atoms with Crippen LogP contribution in [0.5, 0.6) is 0 Å². The third kappa shape index (κ3) is 4.85. The summed E-state index contributed by atoms with van der Waals surface area (Å²) < 4.78 is 14.1. The van der Waals surface area contributed by atoms with E-state index in [0.29, 0.717) is 15.6 Å². The summed E-state index contributed by atoms with van der Waals surface area (Å²) in [6, 6.07) is 5.94. The molecule has 2 amide bonds. The summed E-state index contributed by atoms with van der Waals surface area (Å²) >= 11 is 3.24. The molecular formula is C16H15BrFN3O2. The molecule has 2 aromatic rings. The van der Waals surface area contributed by atoms with Crippen LogP contribution in [0.3, 0.4) is 0 Å². The van der Waals surface area contributed by atoms with Crippen LogP contribution in [0.25, 0.3) is 0 Å². The van der Waals surface area contributed by atoms with E-state index in [4.69, 9.17) is 0 Å². The predicted molar refractivity (Wildman–Crippen MR) is 87.7 cm³/mol. The molecule has 0 unspecified atom stereocenters. The molecule has 0 aliphatic rings. The Morgan fingerprint density at radius 1 is 1.09 bits per heavy atom. The van der Waals surface area contributed by atoms with Crippen LogP contribution in [0.4, 0.5) is 4.39 Å². The lowest BCUT2D eigenvalue weighted by Gasteiger charge is -2.08. The number of halogens is 2. The molecule has 7 heteroatoms. The van der Waals surface area contributed by atoms with Crippen molar-refractivity contribution in [2.45, 2.75) is 6.92 Å². The Bertz CT molecular complexity index is 737. The number of amides is 2. The van der Waals surface area contributed by atoms with E-state index in [9.17, 15) is 14.0 Å². The second-order valence-corrected chi connectivity index (χ2v) is 5.78. The molecule has 0 aliphatic heterocycles. The van der Waals surface area contributed by atoms with Crippen molar-refractivity contribution < 1.29 is 14.0 Å². The highest BCUT2D eigenvalue weighted by atomic mass is 79.9. The third-order valence-electron chi connectivity index (χ3n) is 3.10. The average molecular weight is 380 g/mol. The summed E-state index contributed by atoms with van der Waals surface area (Å²) in [4.78, 5) is 27.6. The van der Waals surface area contributed by atoms with Gasteiger partial charge in [-0.1, -0.05) is 6.07 Å². The number of nitrogens with one attached hydrogen (secondary N) is 2. The summed E-state index contributed by atoms with van der Waals surface area (Å²) in [5.74, 6) is -1.09. The van der Waals surface area contributed by atoms with E-state index >= 15 is 0 Å². The van der Waals surface area contributed by atoms with Gasteiger partial charge in [0.1, 0.15) is 5.82 Å². The molecule has 0 saturated heterocycles. The number of hydrogen-bond donors (Lipinski definition) is 2. The Hall–Kier alpha value is -2.28.